The lowest BCUT2D eigenvalue weighted by atomic mass is 9.63. The van der Waals surface area contributed by atoms with Crippen LogP contribution in [-0.4, -0.2) is 59.8 Å². The van der Waals surface area contributed by atoms with Gasteiger partial charge >= 0.3 is 11.9 Å². The maximum atomic E-state index is 15.1. The second kappa shape index (κ2) is 20.0. The lowest BCUT2D eigenvalue weighted by Crippen LogP contribution is -2.84. The van der Waals surface area contributed by atoms with E-state index in [-0.39, 0.29) is 6.42 Å². The standard InChI is InChI=1S/C44H68N2O4/c1-9-25-40(26-10-2)33-22-34-41(27-11-3,28-12-4)45(40)44(39(49)50,37-21-19-17-18-20-24-38(47)48)46-42(29-13-5,30-14-6)35-23-36-43(46,31-15-7)32-16-8/h9-16H,1-8,17-37H2,(H,47,48)(H,49,50). The maximum absolute atomic E-state index is 15.1. The number of aliphatic carboxylic acids is 2. The van der Waals surface area contributed by atoms with E-state index < -0.39 is 39.8 Å². The number of hydrogen-bond donors (Lipinski definition) is 2. The number of likely N-dealkylation sites (tertiary alicyclic amines) is 2. The quantitative estimate of drug-likeness (QED) is 0.0660. The summed E-state index contributed by atoms with van der Waals surface area (Å²) in [6.45, 7) is 33.8. The number of nitrogens with zero attached hydrogens (tertiary/aromatic N) is 2. The highest BCUT2D eigenvalue weighted by molar-refractivity contribution is 5.79. The summed E-state index contributed by atoms with van der Waals surface area (Å²) in [5.41, 5.74) is -3.78. The summed E-state index contributed by atoms with van der Waals surface area (Å²) in [6.07, 6.45) is 29.9. The Labute approximate surface area is 304 Å². The fraction of sp³-hybridized carbons (Fsp3) is 0.591. The van der Waals surface area contributed by atoms with E-state index in [2.05, 4.69) is 62.4 Å². The van der Waals surface area contributed by atoms with Crippen molar-refractivity contribution in [1.29, 1.82) is 0 Å². The molecule has 2 saturated heterocycles. The van der Waals surface area contributed by atoms with Gasteiger partial charge in [-0.25, -0.2) is 4.79 Å². The number of piperidine rings is 2. The highest BCUT2D eigenvalue weighted by Crippen LogP contribution is 2.59. The number of unbranched alkanes of at least 4 members (excludes halogenated alkanes) is 4. The normalized spacial score (nSPS) is 19.8. The third-order valence-corrected chi connectivity index (χ3v) is 11.7. The Kier molecular flexibility index (Phi) is 17.2. The van der Waals surface area contributed by atoms with Gasteiger partial charge in [0.2, 0.25) is 0 Å². The first-order chi connectivity index (χ1) is 24.0. The highest BCUT2D eigenvalue weighted by atomic mass is 16.4. The van der Waals surface area contributed by atoms with Gasteiger partial charge in [-0.1, -0.05) is 67.9 Å². The van der Waals surface area contributed by atoms with Crippen LogP contribution in [0.5, 0.6) is 0 Å². The van der Waals surface area contributed by atoms with Crippen LogP contribution >= 0.6 is 0 Å². The van der Waals surface area contributed by atoms with Crippen molar-refractivity contribution >= 4 is 11.9 Å². The number of rotatable bonds is 27. The van der Waals surface area contributed by atoms with E-state index in [1.165, 1.54) is 0 Å². The van der Waals surface area contributed by atoms with Crippen LogP contribution < -0.4 is 0 Å². The average molecular weight is 689 g/mol. The molecule has 6 heteroatoms. The maximum Gasteiger partial charge on any atom is 0.339 e. The van der Waals surface area contributed by atoms with Gasteiger partial charge in [0.25, 0.3) is 0 Å². The van der Waals surface area contributed by atoms with Crippen LogP contribution in [0.3, 0.4) is 0 Å². The zero-order valence-electron chi connectivity index (χ0n) is 31.2. The van der Waals surface area contributed by atoms with E-state index >= 15 is 4.79 Å². The molecular weight excluding hydrogens is 620 g/mol. The van der Waals surface area contributed by atoms with Gasteiger partial charge in [-0.05, 0) is 109 Å². The first-order valence-corrected chi connectivity index (χ1v) is 18.9. The molecule has 0 radical (unpaired) electrons. The molecular formula is C44H68N2O4. The minimum atomic E-state index is -1.47. The Morgan fingerprint density at radius 2 is 0.780 bits per heavy atom. The van der Waals surface area contributed by atoms with Gasteiger partial charge in [-0.2, -0.15) is 0 Å². The first kappa shape index (κ1) is 42.9. The number of carboxylic acids is 2. The predicted octanol–water partition coefficient (Wildman–Crippen LogP) is 11.1. The van der Waals surface area contributed by atoms with Gasteiger partial charge in [0.05, 0.1) is 0 Å². The molecule has 0 unspecified atom stereocenters. The van der Waals surface area contributed by atoms with Crippen LogP contribution in [0.25, 0.3) is 0 Å². The summed E-state index contributed by atoms with van der Waals surface area (Å²) >= 11 is 0. The van der Waals surface area contributed by atoms with Gasteiger partial charge in [-0.3, -0.25) is 14.6 Å². The predicted molar refractivity (Wildman–Crippen MR) is 211 cm³/mol. The molecule has 0 saturated carbocycles. The monoisotopic (exact) mass is 689 g/mol. The molecule has 6 nitrogen and oxygen atoms in total. The van der Waals surface area contributed by atoms with E-state index in [4.69, 9.17) is 0 Å². The van der Waals surface area contributed by atoms with Crippen molar-refractivity contribution in [2.75, 3.05) is 0 Å². The first-order valence-electron chi connectivity index (χ1n) is 18.9. The summed E-state index contributed by atoms with van der Waals surface area (Å²) in [7, 11) is 0. The van der Waals surface area contributed by atoms with Crippen molar-refractivity contribution < 1.29 is 19.8 Å². The number of carboxylic acid groups (broad SMARTS) is 2. The summed E-state index contributed by atoms with van der Waals surface area (Å²) in [5, 5.41) is 21.5. The van der Waals surface area contributed by atoms with Crippen LogP contribution in [0.4, 0.5) is 0 Å². The fourth-order valence-corrected chi connectivity index (χ4v) is 10.3. The Morgan fingerprint density at radius 3 is 1.04 bits per heavy atom. The molecule has 2 aliphatic heterocycles. The minimum absolute atomic E-state index is 0.148. The molecule has 0 aromatic rings. The van der Waals surface area contributed by atoms with Crippen molar-refractivity contribution in [3.05, 3.63) is 101 Å². The lowest BCUT2D eigenvalue weighted by molar-refractivity contribution is -0.262. The molecule has 0 spiro atoms. The minimum Gasteiger partial charge on any atom is -0.481 e. The van der Waals surface area contributed by atoms with Gasteiger partial charge in [-0.15, -0.1) is 52.6 Å². The molecule has 2 heterocycles. The third kappa shape index (κ3) is 8.98. The van der Waals surface area contributed by atoms with E-state index in [9.17, 15) is 15.0 Å². The van der Waals surface area contributed by atoms with Crippen molar-refractivity contribution in [2.24, 2.45) is 0 Å². The summed E-state index contributed by atoms with van der Waals surface area (Å²) in [4.78, 5) is 31.2. The molecule has 0 atom stereocenters. The van der Waals surface area contributed by atoms with Gasteiger partial charge in [0.15, 0.2) is 5.66 Å². The molecule has 0 aromatic heterocycles. The van der Waals surface area contributed by atoms with Crippen LogP contribution in [0.1, 0.15) is 135 Å². The molecule has 2 N–H and O–H groups in total. The van der Waals surface area contributed by atoms with E-state index in [0.29, 0.717) is 70.6 Å². The highest BCUT2D eigenvalue weighted by Gasteiger charge is 2.69. The zero-order valence-corrected chi connectivity index (χ0v) is 31.2. The smallest absolute Gasteiger partial charge is 0.339 e. The Hall–Kier alpha value is -3.22. The molecule has 2 rings (SSSR count). The molecule has 278 valence electrons. The Morgan fingerprint density at radius 1 is 0.500 bits per heavy atom. The Bertz CT molecular complexity index is 1040. The Balaban J connectivity index is 3.21. The van der Waals surface area contributed by atoms with Crippen LogP contribution in [0.2, 0.25) is 0 Å². The lowest BCUT2D eigenvalue weighted by Gasteiger charge is -2.72. The molecule has 0 bridgehead atoms. The summed E-state index contributed by atoms with van der Waals surface area (Å²) in [6, 6.07) is 0. The van der Waals surface area contributed by atoms with Crippen molar-refractivity contribution in [3.63, 3.8) is 0 Å². The van der Waals surface area contributed by atoms with Gasteiger partial charge < -0.3 is 10.2 Å². The second-order valence-electron chi connectivity index (χ2n) is 15.0. The molecule has 0 aromatic carbocycles. The molecule has 2 fully saturated rings. The van der Waals surface area contributed by atoms with E-state index in [1.807, 2.05) is 48.6 Å². The topological polar surface area (TPSA) is 81.1 Å². The summed E-state index contributed by atoms with van der Waals surface area (Å²) in [5.74, 6) is -1.63. The van der Waals surface area contributed by atoms with Crippen LogP contribution in [-0.2, 0) is 9.59 Å². The van der Waals surface area contributed by atoms with Gasteiger partial charge in [0.1, 0.15) is 0 Å². The average Bonchev–Trinajstić information content (AvgIpc) is 3.04. The second-order valence-corrected chi connectivity index (χ2v) is 15.0. The molecule has 0 amide bonds. The van der Waals surface area contributed by atoms with Crippen molar-refractivity contribution in [1.82, 2.24) is 9.80 Å². The van der Waals surface area contributed by atoms with Crippen LogP contribution in [0.15, 0.2) is 101 Å². The molecule has 2 aliphatic rings. The number of carbonyl (C=O) groups is 2. The number of hydrogen-bond acceptors (Lipinski definition) is 4. The summed E-state index contributed by atoms with van der Waals surface area (Å²) < 4.78 is 0. The largest absolute Gasteiger partial charge is 0.481 e. The van der Waals surface area contributed by atoms with Gasteiger partial charge in [0, 0.05) is 28.6 Å². The van der Waals surface area contributed by atoms with E-state index in [0.717, 1.165) is 57.8 Å². The third-order valence-electron chi connectivity index (χ3n) is 11.7. The zero-order chi connectivity index (χ0) is 37.3. The SMILES string of the molecule is C=CCC1(CC=C)CCCC(CC=C)(CC=C)N1C(CCCCCCCC(=O)O)(C(=O)O)N1C(CC=C)(CC=C)CCCC1(CC=C)CC=C. The fourth-order valence-electron chi connectivity index (χ4n) is 10.3. The van der Waals surface area contributed by atoms with Crippen LogP contribution in [0, 0.1) is 0 Å². The molecule has 0 aliphatic carbocycles. The molecule has 50 heavy (non-hydrogen) atoms. The van der Waals surface area contributed by atoms with Crippen molar-refractivity contribution in [2.45, 2.75) is 163 Å². The van der Waals surface area contributed by atoms with E-state index in [1.54, 1.807) is 0 Å². The van der Waals surface area contributed by atoms with Crippen molar-refractivity contribution in [3.8, 4) is 0 Å².